The molecule has 5 nitrogen and oxygen atoms in total. The van der Waals surface area contributed by atoms with E-state index in [1.54, 1.807) is 31.4 Å². The number of para-hydroxylation sites is 2. The molecule has 0 aliphatic heterocycles. The number of anilines is 1. The molecule has 1 amide bonds. The number of hydrogen-bond acceptors (Lipinski definition) is 4. The van der Waals surface area contributed by atoms with Crippen molar-refractivity contribution in [1.82, 2.24) is 5.43 Å². The van der Waals surface area contributed by atoms with Crippen LogP contribution in [0.4, 0.5) is 5.69 Å². The van der Waals surface area contributed by atoms with Crippen LogP contribution in [-0.2, 0) is 4.79 Å². The first-order chi connectivity index (χ1) is 11.1. The molecule has 0 aliphatic carbocycles. The number of carbonyl (C=O) groups excluding carboxylic acids is 1. The van der Waals surface area contributed by atoms with Crippen LogP contribution in [0, 0.1) is 0 Å². The number of hydrazone groups is 1. The largest absolute Gasteiger partial charge is 0.495 e. The molecule has 120 valence electrons. The third kappa shape index (κ3) is 5.16. The van der Waals surface area contributed by atoms with E-state index in [4.69, 9.17) is 27.9 Å². The molecule has 2 aromatic rings. The molecule has 2 N–H and O–H groups in total. The highest BCUT2D eigenvalue weighted by molar-refractivity contribution is 6.36. The van der Waals surface area contributed by atoms with Gasteiger partial charge in [0.25, 0.3) is 5.91 Å². The van der Waals surface area contributed by atoms with Gasteiger partial charge in [0, 0.05) is 10.6 Å². The van der Waals surface area contributed by atoms with Gasteiger partial charge in [0.1, 0.15) is 5.75 Å². The highest BCUT2D eigenvalue weighted by Gasteiger charge is 2.04. The Hall–Kier alpha value is -2.24. The predicted molar refractivity (Wildman–Crippen MR) is 93.7 cm³/mol. The number of methoxy groups -OCH3 is 1. The first-order valence-corrected chi connectivity index (χ1v) is 7.49. The summed E-state index contributed by atoms with van der Waals surface area (Å²) in [5, 5.41) is 7.84. The van der Waals surface area contributed by atoms with E-state index in [2.05, 4.69) is 15.8 Å². The van der Waals surface area contributed by atoms with Crippen molar-refractivity contribution in [1.29, 1.82) is 0 Å². The first-order valence-electron chi connectivity index (χ1n) is 6.74. The van der Waals surface area contributed by atoms with E-state index in [0.29, 0.717) is 21.4 Å². The quantitative estimate of drug-likeness (QED) is 0.617. The van der Waals surface area contributed by atoms with Gasteiger partial charge in [-0.05, 0) is 24.3 Å². The minimum absolute atomic E-state index is 0.0616. The summed E-state index contributed by atoms with van der Waals surface area (Å²) < 4.78 is 5.19. The average molecular weight is 352 g/mol. The second kappa shape index (κ2) is 8.41. The molecule has 23 heavy (non-hydrogen) atoms. The highest BCUT2D eigenvalue weighted by Crippen LogP contribution is 2.22. The second-order valence-electron chi connectivity index (χ2n) is 4.51. The maximum Gasteiger partial charge on any atom is 0.259 e. The average Bonchev–Trinajstić information content (AvgIpc) is 2.55. The normalized spacial score (nSPS) is 10.6. The van der Waals surface area contributed by atoms with Gasteiger partial charge in [-0.25, -0.2) is 5.43 Å². The number of ether oxygens (including phenoxy) is 1. The Kier molecular flexibility index (Phi) is 6.26. The number of amides is 1. The number of halogens is 2. The number of nitrogens with zero attached hydrogens (tertiary/aromatic N) is 1. The van der Waals surface area contributed by atoms with E-state index in [1.165, 1.54) is 6.21 Å². The Bertz CT molecular complexity index is 720. The van der Waals surface area contributed by atoms with E-state index in [0.717, 1.165) is 5.69 Å². The van der Waals surface area contributed by atoms with Gasteiger partial charge >= 0.3 is 0 Å². The molecule has 0 unspecified atom stereocenters. The second-order valence-corrected chi connectivity index (χ2v) is 5.36. The van der Waals surface area contributed by atoms with Crippen LogP contribution in [0.5, 0.6) is 5.75 Å². The van der Waals surface area contributed by atoms with E-state index < -0.39 is 0 Å². The molecule has 7 heteroatoms. The van der Waals surface area contributed by atoms with Crippen molar-refractivity contribution in [3.8, 4) is 5.75 Å². The molecule has 0 aromatic heterocycles. The lowest BCUT2D eigenvalue weighted by molar-refractivity contribution is -0.119. The van der Waals surface area contributed by atoms with Crippen LogP contribution in [0.15, 0.2) is 47.6 Å². The number of rotatable bonds is 6. The summed E-state index contributed by atoms with van der Waals surface area (Å²) in [5.74, 6) is 0.369. The molecule has 0 saturated heterocycles. The van der Waals surface area contributed by atoms with Crippen LogP contribution < -0.4 is 15.5 Å². The van der Waals surface area contributed by atoms with Crippen molar-refractivity contribution < 1.29 is 9.53 Å². The zero-order valence-electron chi connectivity index (χ0n) is 12.3. The van der Waals surface area contributed by atoms with Gasteiger partial charge in [-0.2, -0.15) is 5.10 Å². The van der Waals surface area contributed by atoms with Crippen molar-refractivity contribution >= 4 is 41.0 Å². The number of benzene rings is 2. The summed E-state index contributed by atoms with van der Waals surface area (Å²) in [6, 6.07) is 12.3. The Balaban J connectivity index is 1.86. The third-order valence-electron chi connectivity index (χ3n) is 2.90. The molecule has 0 fully saturated rings. The summed E-state index contributed by atoms with van der Waals surface area (Å²) in [7, 11) is 1.57. The number of carbonyl (C=O) groups is 1. The minimum atomic E-state index is -0.294. The lowest BCUT2D eigenvalue weighted by Crippen LogP contribution is -2.26. The summed E-state index contributed by atoms with van der Waals surface area (Å²) in [6.07, 6.45) is 1.46. The Morgan fingerprint density at radius 1 is 1.26 bits per heavy atom. The maximum absolute atomic E-state index is 11.8. The SMILES string of the molecule is COc1ccccc1NCC(=O)N/N=C/c1ccc(Cl)cc1Cl. The van der Waals surface area contributed by atoms with Crippen molar-refractivity contribution in [3.05, 3.63) is 58.1 Å². The Labute approximate surface area is 144 Å². The summed E-state index contributed by atoms with van der Waals surface area (Å²) >= 11 is 11.8. The molecule has 2 rings (SSSR count). The van der Waals surface area contributed by atoms with Gasteiger partial charge in [-0.3, -0.25) is 4.79 Å². The van der Waals surface area contributed by atoms with E-state index in [9.17, 15) is 4.79 Å². The Morgan fingerprint density at radius 3 is 2.78 bits per heavy atom. The maximum atomic E-state index is 11.8. The predicted octanol–water partition coefficient (Wildman–Crippen LogP) is 3.56. The van der Waals surface area contributed by atoms with E-state index >= 15 is 0 Å². The van der Waals surface area contributed by atoms with Crippen LogP contribution in [0.3, 0.4) is 0 Å². The van der Waals surface area contributed by atoms with Gasteiger partial charge in [0.15, 0.2) is 0 Å². The molecule has 2 aromatic carbocycles. The molecule has 0 heterocycles. The van der Waals surface area contributed by atoms with Crippen molar-refractivity contribution in [2.45, 2.75) is 0 Å². The van der Waals surface area contributed by atoms with Crippen LogP contribution >= 0.6 is 23.2 Å². The van der Waals surface area contributed by atoms with Gasteiger partial charge < -0.3 is 10.1 Å². The van der Waals surface area contributed by atoms with Gasteiger partial charge in [0.2, 0.25) is 0 Å². The van der Waals surface area contributed by atoms with Crippen LogP contribution in [0.1, 0.15) is 5.56 Å². The standard InChI is InChI=1S/C16H15Cl2N3O2/c1-23-15-5-3-2-4-14(15)19-10-16(22)21-20-9-11-6-7-12(17)8-13(11)18/h2-9,19H,10H2,1H3,(H,21,22)/b20-9+. The van der Waals surface area contributed by atoms with Crippen molar-refractivity contribution in [2.75, 3.05) is 19.0 Å². The Morgan fingerprint density at radius 2 is 2.04 bits per heavy atom. The fourth-order valence-electron chi connectivity index (χ4n) is 1.79. The van der Waals surface area contributed by atoms with E-state index in [-0.39, 0.29) is 12.5 Å². The highest BCUT2D eigenvalue weighted by atomic mass is 35.5. The van der Waals surface area contributed by atoms with Gasteiger partial charge in [0.05, 0.1) is 30.6 Å². The molecule has 0 radical (unpaired) electrons. The summed E-state index contributed by atoms with van der Waals surface area (Å²) in [6.45, 7) is 0.0616. The lowest BCUT2D eigenvalue weighted by atomic mass is 10.2. The summed E-state index contributed by atoms with van der Waals surface area (Å²) in [5.41, 5.74) is 3.81. The monoisotopic (exact) mass is 351 g/mol. The van der Waals surface area contributed by atoms with Crippen molar-refractivity contribution in [3.63, 3.8) is 0 Å². The van der Waals surface area contributed by atoms with Gasteiger partial charge in [-0.15, -0.1) is 0 Å². The van der Waals surface area contributed by atoms with Crippen LogP contribution in [-0.4, -0.2) is 25.8 Å². The molecule has 0 bridgehead atoms. The molecule has 0 spiro atoms. The molecule has 0 aliphatic rings. The fourth-order valence-corrected chi connectivity index (χ4v) is 2.24. The zero-order chi connectivity index (χ0) is 16.7. The first kappa shape index (κ1) is 17.1. The van der Waals surface area contributed by atoms with Crippen LogP contribution in [0.2, 0.25) is 10.0 Å². The topological polar surface area (TPSA) is 62.7 Å². The smallest absolute Gasteiger partial charge is 0.259 e. The van der Waals surface area contributed by atoms with Crippen molar-refractivity contribution in [2.24, 2.45) is 5.10 Å². The molecule has 0 saturated carbocycles. The molecular formula is C16H15Cl2N3O2. The lowest BCUT2D eigenvalue weighted by Gasteiger charge is -2.09. The van der Waals surface area contributed by atoms with Crippen LogP contribution in [0.25, 0.3) is 0 Å². The molecule has 0 atom stereocenters. The van der Waals surface area contributed by atoms with Gasteiger partial charge in [-0.1, -0.05) is 41.4 Å². The summed E-state index contributed by atoms with van der Waals surface area (Å²) in [4.78, 5) is 11.8. The third-order valence-corrected chi connectivity index (χ3v) is 3.46. The fraction of sp³-hybridized carbons (Fsp3) is 0.125. The van der Waals surface area contributed by atoms with E-state index in [1.807, 2.05) is 18.2 Å². The molecular weight excluding hydrogens is 337 g/mol. The zero-order valence-corrected chi connectivity index (χ0v) is 13.9. The number of nitrogens with one attached hydrogen (secondary N) is 2. The minimum Gasteiger partial charge on any atom is -0.495 e. The number of hydrogen-bond donors (Lipinski definition) is 2.